The van der Waals surface area contributed by atoms with E-state index in [-0.39, 0.29) is 24.9 Å². The van der Waals surface area contributed by atoms with Gasteiger partial charge in [0.15, 0.2) is 0 Å². The Hall–Kier alpha value is -3.74. The summed E-state index contributed by atoms with van der Waals surface area (Å²) in [6, 6.07) is -0.741. The summed E-state index contributed by atoms with van der Waals surface area (Å²) in [5, 5.41) is 23.9. The van der Waals surface area contributed by atoms with Crippen molar-refractivity contribution >= 4 is 11.9 Å². The van der Waals surface area contributed by atoms with Crippen molar-refractivity contribution in [3.8, 4) is 0 Å². The van der Waals surface area contributed by atoms with E-state index in [2.05, 4.69) is 148 Å². The highest BCUT2D eigenvalue weighted by Gasteiger charge is 2.24. The zero-order chi connectivity index (χ0) is 50.2. The molecule has 6 heteroatoms. The third-order valence-corrected chi connectivity index (χ3v) is 12.0. The summed E-state index contributed by atoms with van der Waals surface area (Å²) in [7, 11) is 0. The summed E-state index contributed by atoms with van der Waals surface area (Å²) in [6.45, 7) is 6.23. The van der Waals surface area contributed by atoms with E-state index < -0.39 is 18.2 Å². The minimum absolute atomic E-state index is 0.00838. The molecule has 3 unspecified atom stereocenters. The van der Waals surface area contributed by atoms with Gasteiger partial charge >= 0.3 is 5.97 Å². The lowest BCUT2D eigenvalue weighted by molar-refractivity contribution is -0.151. The van der Waals surface area contributed by atoms with Crippen LogP contribution in [0.4, 0.5) is 0 Å². The van der Waals surface area contributed by atoms with Gasteiger partial charge in [-0.2, -0.15) is 0 Å². The van der Waals surface area contributed by atoms with Gasteiger partial charge in [0.25, 0.3) is 0 Å². The minimum Gasteiger partial charge on any atom is -0.462 e. The third-order valence-electron chi connectivity index (χ3n) is 12.0. The van der Waals surface area contributed by atoms with Gasteiger partial charge in [0.2, 0.25) is 5.91 Å². The first-order valence-electron chi connectivity index (χ1n) is 28.3. The Balaban J connectivity index is 4.77. The van der Waals surface area contributed by atoms with Gasteiger partial charge < -0.3 is 20.3 Å². The highest BCUT2D eigenvalue weighted by molar-refractivity contribution is 5.77. The molecule has 0 spiro atoms. The van der Waals surface area contributed by atoms with E-state index in [9.17, 15) is 19.8 Å². The average molecular weight is 957 g/mol. The summed E-state index contributed by atoms with van der Waals surface area (Å²) >= 11 is 0. The molecule has 0 radical (unpaired) electrons. The standard InChI is InChI=1S/C63H105NO5/c1-4-7-10-13-16-19-22-25-28-31-33-36-39-42-45-48-51-54-59(69-63(68)56-53-50-47-44-41-38-35-32-29-26-23-20-17-14-11-8-5-2)57-62(67)64-60(58-65)61(66)55-52-49-46-43-40-37-34-30-27-24-21-18-15-12-9-6-3/h7-8,10-11,16-17,19-20,25-26,28-29,33,35-36,38,42,44-45,47,59-61,65-66H,4-6,9,12-15,18,21-24,27,30-32,34,37,39-41,43,46,48-58H2,1-3H3,(H,64,67)/b10-7-,11-8-,19-16-,20-17-,28-25-,29-26-,36-33-,38-35-,45-42-,47-44-. The highest BCUT2D eigenvalue weighted by Crippen LogP contribution is 2.17. The van der Waals surface area contributed by atoms with Gasteiger partial charge in [0.05, 0.1) is 25.2 Å². The molecule has 0 aliphatic carbocycles. The second kappa shape index (κ2) is 55.2. The molecule has 3 N–H and O–H groups in total. The van der Waals surface area contributed by atoms with E-state index in [4.69, 9.17) is 4.74 Å². The number of hydrogen-bond donors (Lipinski definition) is 3. The van der Waals surface area contributed by atoms with Crippen LogP contribution in [0.5, 0.6) is 0 Å². The lowest BCUT2D eigenvalue weighted by Crippen LogP contribution is -2.46. The van der Waals surface area contributed by atoms with Gasteiger partial charge in [0, 0.05) is 6.42 Å². The maximum Gasteiger partial charge on any atom is 0.306 e. The molecule has 6 nitrogen and oxygen atoms in total. The molecule has 1 amide bonds. The molecule has 0 heterocycles. The van der Waals surface area contributed by atoms with Crippen LogP contribution < -0.4 is 5.32 Å². The van der Waals surface area contributed by atoms with Crippen LogP contribution in [0.15, 0.2) is 122 Å². The number of aliphatic hydroxyl groups is 2. The summed E-state index contributed by atoms with van der Waals surface area (Å²) in [4.78, 5) is 26.2. The number of esters is 1. The Bertz CT molecular complexity index is 1440. The molecule has 0 aromatic carbocycles. The molecule has 0 aromatic rings. The second-order valence-electron chi connectivity index (χ2n) is 18.6. The van der Waals surface area contributed by atoms with Gasteiger partial charge in [-0.15, -0.1) is 0 Å². The fourth-order valence-electron chi connectivity index (χ4n) is 7.85. The van der Waals surface area contributed by atoms with Gasteiger partial charge in [-0.3, -0.25) is 9.59 Å². The number of unbranched alkanes of at least 4 members (excludes halogenated alkanes) is 17. The number of carbonyl (C=O) groups is 2. The first-order valence-corrected chi connectivity index (χ1v) is 28.3. The molecule has 0 aliphatic rings. The predicted octanol–water partition coefficient (Wildman–Crippen LogP) is 17.6. The van der Waals surface area contributed by atoms with Crippen LogP contribution in [-0.2, 0) is 14.3 Å². The van der Waals surface area contributed by atoms with Gasteiger partial charge in [0.1, 0.15) is 6.10 Å². The largest absolute Gasteiger partial charge is 0.462 e. The van der Waals surface area contributed by atoms with Gasteiger partial charge in [-0.1, -0.05) is 245 Å². The van der Waals surface area contributed by atoms with Crippen LogP contribution in [0.2, 0.25) is 0 Å². The molecular weight excluding hydrogens is 851 g/mol. The number of carbonyl (C=O) groups excluding carboxylic acids is 2. The lowest BCUT2D eigenvalue weighted by atomic mass is 10.0. The quantitative estimate of drug-likeness (QED) is 0.0321. The summed E-state index contributed by atoms with van der Waals surface area (Å²) in [6.07, 6.45) is 77.0. The van der Waals surface area contributed by atoms with E-state index in [1.165, 1.54) is 83.5 Å². The summed E-state index contributed by atoms with van der Waals surface area (Å²) in [5.41, 5.74) is 0. The second-order valence-corrected chi connectivity index (χ2v) is 18.6. The molecule has 0 saturated carbocycles. The minimum atomic E-state index is -0.821. The van der Waals surface area contributed by atoms with E-state index >= 15 is 0 Å². The van der Waals surface area contributed by atoms with Crippen molar-refractivity contribution in [1.82, 2.24) is 5.32 Å². The zero-order valence-corrected chi connectivity index (χ0v) is 44.6. The molecule has 0 rings (SSSR count). The van der Waals surface area contributed by atoms with Crippen molar-refractivity contribution in [2.75, 3.05) is 6.61 Å². The number of ether oxygens (including phenoxy) is 1. The molecule has 392 valence electrons. The maximum absolute atomic E-state index is 13.3. The van der Waals surface area contributed by atoms with Gasteiger partial charge in [-0.05, 0) is 103 Å². The molecule has 0 aliphatic heterocycles. The summed E-state index contributed by atoms with van der Waals surface area (Å²) < 4.78 is 5.90. The summed E-state index contributed by atoms with van der Waals surface area (Å²) in [5.74, 6) is -0.608. The maximum atomic E-state index is 13.3. The van der Waals surface area contributed by atoms with Crippen LogP contribution in [0.3, 0.4) is 0 Å². The van der Waals surface area contributed by atoms with Crippen molar-refractivity contribution in [3.63, 3.8) is 0 Å². The predicted molar refractivity (Wildman–Crippen MR) is 300 cm³/mol. The van der Waals surface area contributed by atoms with Crippen molar-refractivity contribution < 1.29 is 24.5 Å². The number of amides is 1. The Morgan fingerprint density at radius 1 is 0.435 bits per heavy atom. The number of rotatable bonds is 49. The number of aliphatic hydroxyl groups excluding tert-OH is 2. The Morgan fingerprint density at radius 3 is 1.16 bits per heavy atom. The van der Waals surface area contributed by atoms with E-state index in [0.29, 0.717) is 25.7 Å². The SMILES string of the molecule is CC/C=C\C/C=C\C/C=C\C/C=C\C/C=C\CCCC(=O)OC(CCC/C=C\C/C=C\C/C=C\C/C=C\C/C=C\CC)CC(=O)NC(CO)C(O)CCCCCCCCCCCCCCCCCC. The van der Waals surface area contributed by atoms with Crippen LogP contribution in [0.25, 0.3) is 0 Å². The normalized spacial score (nSPS) is 14.1. The zero-order valence-electron chi connectivity index (χ0n) is 44.6. The van der Waals surface area contributed by atoms with Crippen molar-refractivity contribution in [1.29, 1.82) is 0 Å². The lowest BCUT2D eigenvalue weighted by Gasteiger charge is -2.24. The Kier molecular flexibility index (Phi) is 52.2. The first-order chi connectivity index (χ1) is 34.0. The monoisotopic (exact) mass is 956 g/mol. The van der Waals surface area contributed by atoms with Crippen LogP contribution in [0, 0.1) is 0 Å². The van der Waals surface area contributed by atoms with Crippen LogP contribution in [0.1, 0.15) is 239 Å². The number of nitrogens with one attached hydrogen (secondary N) is 1. The Labute approximate surface area is 425 Å². The molecule has 0 fully saturated rings. The third kappa shape index (κ3) is 50.5. The van der Waals surface area contributed by atoms with Gasteiger partial charge in [-0.25, -0.2) is 0 Å². The molecular formula is C63H105NO5. The molecule has 3 atom stereocenters. The van der Waals surface area contributed by atoms with Crippen molar-refractivity contribution in [2.24, 2.45) is 0 Å². The molecule has 0 saturated heterocycles. The first kappa shape index (κ1) is 65.3. The fourth-order valence-corrected chi connectivity index (χ4v) is 7.85. The van der Waals surface area contributed by atoms with E-state index in [1.54, 1.807) is 0 Å². The van der Waals surface area contributed by atoms with E-state index in [1.807, 2.05) is 0 Å². The van der Waals surface area contributed by atoms with Crippen LogP contribution >= 0.6 is 0 Å². The van der Waals surface area contributed by atoms with Crippen LogP contribution in [-0.4, -0.2) is 46.9 Å². The van der Waals surface area contributed by atoms with Crippen molar-refractivity contribution in [3.05, 3.63) is 122 Å². The molecule has 0 aromatic heterocycles. The topological polar surface area (TPSA) is 95.9 Å². The van der Waals surface area contributed by atoms with E-state index in [0.717, 1.165) is 103 Å². The smallest absolute Gasteiger partial charge is 0.306 e. The number of hydrogen-bond acceptors (Lipinski definition) is 5. The molecule has 0 bridgehead atoms. The molecule has 69 heavy (non-hydrogen) atoms. The highest BCUT2D eigenvalue weighted by atomic mass is 16.5. The fraction of sp³-hybridized carbons (Fsp3) is 0.651. The Morgan fingerprint density at radius 2 is 0.783 bits per heavy atom. The number of allylic oxidation sites excluding steroid dienone is 20. The van der Waals surface area contributed by atoms with Crippen molar-refractivity contribution in [2.45, 2.75) is 257 Å². The average Bonchev–Trinajstić information content (AvgIpc) is 3.34.